The molecule has 0 amide bonds. The number of H-pyrrole nitrogens is 1. The van der Waals surface area contributed by atoms with Crippen LogP contribution in [-0.4, -0.2) is 33.0 Å². The van der Waals surface area contributed by atoms with Crippen molar-refractivity contribution in [3.8, 4) is 11.3 Å². The first-order valence-corrected chi connectivity index (χ1v) is 5.94. The molecular weight excluding hydrogens is 244 g/mol. The predicted molar refractivity (Wildman–Crippen MR) is 71.1 cm³/mol. The number of benzene rings is 1. The van der Waals surface area contributed by atoms with E-state index in [1.165, 1.54) is 6.07 Å². The number of nitrogens with one attached hydrogen (secondary N) is 1. The van der Waals surface area contributed by atoms with E-state index >= 15 is 0 Å². The Hall–Kier alpha value is -2.14. The topological polar surface area (TPSA) is 86.2 Å². The summed E-state index contributed by atoms with van der Waals surface area (Å²) in [4.78, 5) is 10.8. The van der Waals surface area contributed by atoms with Crippen molar-refractivity contribution in [2.45, 2.75) is 19.3 Å². The van der Waals surface area contributed by atoms with Crippen LogP contribution in [0.15, 0.2) is 30.3 Å². The first-order valence-electron chi connectivity index (χ1n) is 5.94. The maximum Gasteiger partial charge on any atom is 0.353 e. The predicted octanol–water partition coefficient (Wildman–Crippen LogP) is 2.04. The number of nitrogens with zero attached hydrogens (tertiary/aromatic N) is 1. The fourth-order valence-corrected chi connectivity index (χ4v) is 1.76. The quantitative estimate of drug-likeness (QED) is 0.785. The van der Waals surface area contributed by atoms with Crippen molar-refractivity contribution in [3.05, 3.63) is 41.6 Å². The van der Waals surface area contributed by atoms with Crippen molar-refractivity contribution in [2.75, 3.05) is 6.61 Å². The number of aliphatic hydroxyl groups excluding tert-OH is 1. The van der Waals surface area contributed by atoms with Gasteiger partial charge in [0.05, 0.1) is 12.3 Å². The molecule has 0 spiro atoms. The van der Waals surface area contributed by atoms with E-state index < -0.39 is 5.97 Å². The van der Waals surface area contributed by atoms with Crippen LogP contribution < -0.4 is 0 Å². The summed E-state index contributed by atoms with van der Waals surface area (Å²) >= 11 is 0. The molecule has 0 aliphatic heterocycles. The third-order valence-corrected chi connectivity index (χ3v) is 3.17. The normalized spacial score (nSPS) is 11.5. The van der Waals surface area contributed by atoms with Gasteiger partial charge in [0.15, 0.2) is 0 Å². The molecule has 0 saturated heterocycles. The Kier molecular flexibility index (Phi) is 3.40. The Balaban J connectivity index is 2.29. The van der Waals surface area contributed by atoms with Crippen LogP contribution in [0.4, 0.5) is 0 Å². The summed E-state index contributed by atoms with van der Waals surface area (Å²) < 4.78 is 0. The molecule has 0 bridgehead atoms. The molecule has 0 saturated carbocycles. The maximum atomic E-state index is 10.8. The van der Waals surface area contributed by atoms with Crippen LogP contribution >= 0.6 is 0 Å². The van der Waals surface area contributed by atoms with Crippen LogP contribution in [0.1, 0.15) is 29.9 Å². The summed E-state index contributed by atoms with van der Waals surface area (Å²) in [5, 5.41) is 24.6. The van der Waals surface area contributed by atoms with Crippen LogP contribution in [0.5, 0.6) is 0 Å². The lowest BCUT2D eigenvalue weighted by Gasteiger charge is -2.22. The van der Waals surface area contributed by atoms with Gasteiger partial charge in [-0.05, 0) is 11.6 Å². The average molecular weight is 260 g/mol. The van der Waals surface area contributed by atoms with Gasteiger partial charge in [-0.25, -0.2) is 4.79 Å². The maximum absolute atomic E-state index is 10.8. The number of aromatic nitrogens is 2. The van der Waals surface area contributed by atoms with Crippen molar-refractivity contribution in [3.63, 3.8) is 0 Å². The molecule has 2 rings (SSSR count). The van der Waals surface area contributed by atoms with Crippen molar-refractivity contribution < 1.29 is 15.0 Å². The number of carbonyl (C=O) groups is 1. The van der Waals surface area contributed by atoms with E-state index in [1.54, 1.807) is 0 Å². The van der Waals surface area contributed by atoms with Gasteiger partial charge >= 0.3 is 5.97 Å². The number of rotatable bonds is 4. The number of carboxylic acid groups (broad SMARTS) is 1. The van der Waals surface area contributed by atoms with Gasteiger partial charge in [-0.3, -0.25) is 5.10 Å². The zero-order chi connectivity index (χ0) is 14.0. The zero-order valence-corrected chi connectivity index (χ0v) is 10.8. The highest BCUT2D eigenvalue weighted by molar-refractivity contribution is 5.86. The Morgan fingerprint density at radius 2 is 1.95 bits per heavy atom. The van der Waals surface area contributed by atoms with Crippen molar-refractivity contribution >= 4 is 5.97 Å². The van der Waals surface area contributed by atoms with Gasteiger partial charge in [-0.2, -0.15) is 5.10 Å². The van der Waals surface area contributed by atoms with E-state index in [0.29, 0.717) is 5.69 Å². The Bertz CT molecular complexity index is 585. The van der Waals surface area contributed by atoms with Crippen molar-refractivity contribution in [2.24, 2.45) is 0 Å². The highest BCUT2D eigenvalue weighted by Crippen LogP contribution is 2.25. The number of aromatic carboxylic acids is 1. The van der Waals surface area contributed by atoms with Gasteiger partial charge in [0.25, 0.3) is 0 Å². The minimum Gasteiger partial charge on any atom is -0.477 e. The molecule has 0 fully saturated rings. The molecule has 1 aromatic carbocycles. The third kappa shape index (κ3) is 2.66. The molecule has 3 N–H and O–H groups in total. The van der Waals surface area contributed by atoms with Gasteiger partial charge < -0.3 is 10.2 Å². The number of aromatic amines is 1. The standard InChI is InChI=1S/C14H16N2O3/c1-14(2,8-17)10-5-3-9(4-6-10)11-7-12(13(18)19)16-15-11/h3-7,17H,8H2,1-2H3,(H,15,16)(H,18,19). The highest BCUT2D eigenvalue weighted by atomic mass is 16.4. The number of carboxylic acids is 1. The second kappa shape index (κ2) is 4.85. The van der Waals surface area contributed by atoms with Gasteiger partial charge in [0.2, 0.25) is 0 Å². The van der Waals surface area contributed by atoms with Gasteiger partial charge in [-0.1, -0.05) is 38.1 Å². The summed E-state index contributed by atoms with van der Waals surface area (Å²) in [6.07, 6.45) is 0. The molecule has 1 heterocycles. The Labute approximate surface area is 110 Å². The molecule has 100 valence electrons. The van der Waals surface area contributed by atoms with Crippen molar-refractivity contribution in [1.29, 1.82) is 0 Å². The summed E-state index contributed by atoms with van der Waals surface area (Å²) in [6, 6.07) is 9.07. The first-order chi connectivity index (χ1) is 8.94. The van der Waals surface area contributed by atoms with Crippen LogP contribution in [-0.2, 0) is 5.41 Å². The summed E-state index contributed by atoms with van der Waals surface area (Å²) in [7, 11) is 0. The third-order valence-electron chi connectivity index (χ3n) is 3.17. The fourth-order valence-electron chi connectivity index (χ4n) is 1.76. The zero-order valence-electron chi connectivity index (χ0n) is 10.8. The second-order valence-electron chi connectivity index (χ2n) is 5.09. The number of hydrogen-bond donors (Lipinski definition) is 3. The molecule has 5 heteroatoms. The van der Waals surface area contributed by atoms with E-state index in [0.717, 1.165) is 11.1 Å². The molecular formula is C14H16N2O3. The second-order valence-corrected chi connectivity index (χ2v) is 5.09. The van der Waals surface area contributed by atoms with E-state index in [9.17, 15) is 9.90 Å². The van der Waals surface area contributed by atoms with Crippen LogP contribution in [0.2, 0.25) is 0 Å². The summed E-state index contributed by atoms with van der Waals surface area (Å²) in [5.41, 5.74) is 2.21. The average Bonchev–Trinajstić information content (AvgIpc) is 2.88. The lowest BCUT2D eigenvalue weighted by molar-refractivity contribution is 0.0690. The molecule has 1 aromatic heterocycles. The Morgan fingerprint density at radius 1 is 1.32 bits per heavy atom. The minimum absolute atomic E-state index is 0.0646. The molecule has 0 unspecified atom stereocenters. The van der Waals surface area contributed by atoms with Gasteiger partial charge in [0, 0.05) is 11.0 Å². The first kappa shape index (κ1) is 13.3. The molecule has 5 nitrogen and oxygen atoms in total. The summed E-state index contributed by atoms with van der Waals surface area (Å²) in [5.74, 6) is -1.03. The van der Waals surface area contributed by atoms with Crippen LogP contribution in [0, 0.1) is 0 Å². The SMILES string of the molecule is CC(C)(CO)c1ccc(-c2cc(C(=O)O)[nH]n2)cc1. The van der Waals surface area contributed by atoms with E-state index in [2.05, 4.69) is 10.2 Å². The lowest BCUT2D eigenvalue weighted by atomic mass is 9.85. The van der Waals surface area contributed by atoms with Gasteiger partial charge in [-0.15, -0.1) is 0 Å². The molecule has 0 radical (unpaired) electrons. The molecule has 2 aromatic rings. The molecule has 19 heavy (non-hydrogen) atoms. The molecule has 0 atom stereocenters. The van der Waals surface area contributed by atoms with Crippen LogP contribution in [0.25, 0.3) is 11.3 Å². The summed E-state index contributed by atoms with van der Waals surface area (Å²) in [6.45, 7) is 3.98. The van der Waals surface area contributed by atoms with Crippen LogP contribution in [0.3, 0.4) is 0 Å². The van der Waals surface area contributed by atoms with E-state index in [4.69, 9.17) is 5.11 Å². The lowest BCUT2D eigenvalue weighted by Crippen LogP contribution is -2.21. The number of hydrogen-bond acceptors (Lipinski definition) is 3. The van der Waals surface area contributed by atoms with Crippen molar-refractivity contribution in [1.82, 2.24) is 10.2 Å². The smallest absolute Gasteiger partial charge is 0.353 e. The fraction of sp³-hybridized carbons (Fsp3) is 0.286. The highest BCUT2D eigenvalue weighted by Gasteiger charge is 2.19. The van der Waals surface area contributed by atoms with E-state index in [-0.39, 0.29) is 17.7 Å². The Morgan fingerprint density at radius 3 is 2.42 bits per heavy atom. The monoisotopic (exact) mass is 260 g/mol. The minimum atomic E-state index is -1.03. The molecule has 0 aliphatic carbocycles. The number of aliphatic hydroxyl groups is 1. The van der Waals surface area contributed by atoms with Gasteiger partial charge in [0.1, 0.15) is 5.69 Å². The van der Waals surface area contributed by atoms with E-state index in [1.807, 2.05) is 38.1 Å². The molecule has 0 aliphatic rings. The largest absolute Gasteiger partial charge is 0.477 e.